The molecule has 0 aliphatic heterocycles. The molecule has 0 bridgehead atoms. The standard InChI is InChI=1S/C13H19N/c1-9-3-6-13-10(2)12(8-14)5-4-11(13)7-9/h9-10,12H,3-7H2,1-2H3. The second-order valence-corrected chi connectivity index (χ2v) is 5.04. The zero-order valence-electron chi connectivity index (χ0n) is 9.21. The quantitative estimate of drug-likeness (QED) is 0.533. The molecule has 0 radical (unpaired) electrons. The van der Waals surface area contributed by atoms with Gasteiger partial charge in [-0.2, -0.15) is 5.26 Å². The SMILES string of the molecule is CC1CCC2=C(CCC(C#N)C2C)C1. The van der Waals surface area contributed by atoms with Crippen LogP contribution in [0.2, 0.25) is 0 Å². The van der Waals surface area contributed by atoms with Gasteiger partial charge in [0.2, 0.25) is 0 Å². The van der Waals surface area contributed by atoms with Crippen molar-refractivity contribution in [3.05, 3.63) is 11.1 Å². The lowest BCUT2D eigenvalue weighted by atomic mass is 9.70. The van der Waals surface area contributed by atoms with E-state index >= 15 is 0 Å². The molecule has 0 heterocycles. The molecule has 0 aromatic heterocycles. The lowest BCUT2D eigenvalue weighted by Gasteiger charge is -2.35. The summed E-state index contributed by atoms with van der Waals surface area (Å²) in [5, 5.41) is 9.03. The van der Waals surface area contributed by atoms with Gasteiger partial charge >= 0.3 is 0 Å². The maximum absolute atomic E-state index is 9.03. The second kappa shape index (κ2) is 3.77. The van der Waals surface area contributed by atoms with E-state index in [-0.39, 0.29) is 0 Å². The Bertz CT molecular complexity index is 295. The van der Waals surface area contributed by atoms with Gasteiger partial charge in [0.15, 0.2) is 0 Å². The number of hydrogen-bond acceptors (Lipinski definition) is 1. The van der Waals surface area contributed by atoms with Gasteiger partial charge in [0.1, 0.15) is 0 Å². The van der Waals surface area contributed by atoms with Crippen LogP contribution in [0.5, 0.6) is 0 Å². The van der Waals surface area contributed by atoms with Crippen LogP contribution in [0, 0.1) is 29.1 Å². The molecule has 0 saturated carbocycles. The number of rotatable bonds is 0. The van der Waals surface area contributed by atoms with Crippen molar-refractivity contribution in [2.45, 2.75) is 46.0 Å². The fraction of sp³-hybridized carbons (Fsp3) is 0.769. The number of hydrogen-bond donors (Lipinski definition) is 0. The van der Waals surface area contributed by atoms with Crippen molar-refractivity contribution in [1.82, 2.24) is 0 Å². The van der Waals surface area contributed by atoms with Crippen molar-refractivity contribution in [2.75, 3.05) is 0 Å². The van der Waals surface area contributed by atoms with E-state index in [0.29, 0.717) is 11.8 Å². The van der Waals surface area contributed by atoms with E-state index in [4.69, 9.17) is 5.26 Å². The Balaban J connectivity index is 2.21. The van der Waals surface area contributed by atoms with E-state index in [1.54, 1.807) is 11.1 Å². The second-order valence-electron chi connectivity index (χ2n) is 5.04. The van der Waals surface area contributed by atoms with Crippen molar-refractivity contribution < 1.29 is 0 Å². The Hall–Kier alpha value is -0.770. The third kappa shape index (κ3) is 1.59. The Kier molecular flexibility index (Phi) is 2.63. The largest absolute Gasteiger partial charge is 0.198 e. The number of nitriles is 1. The van der Waals surface area contributed by atoms with Crippen LogP contribution in [0.4, 0.5) is 0 Å². The number of allylic oxidation sites excluding steroid dienone is 2. The smallest absolute Gasteiger partial charge is 0.0662 e. The molecule has 0 amide bonds. The first-order valence-corrected chi connectivity index (χ1v) is 5.82. The summed E-state index contributed by atoms with van der Waals surface area (Å²) in [5.74, 6) is 1.71. The first-order valence-electron chi connectivity index (χ1n) is 5.82. The predicted octanol–water partition coefficient (Wildman–Crippen LogP) is 3.67. The first kappa shape index (κ1) is 9.77. The van der Waals surface area contributed by atoms with Crippen molar-refractivity contribution >= 4 is 0 Å². The zero-order chi connectivity index (χ0) is 10.1. The summed E-state index contributed by atoms with van der Waals surface area (Å²) in [4.78, 5) is 0. The van der Waals surface area contributed by atoms with E-state index < -0.39 is 0 Å². The summed E-state index contributed by atoms with van der Waals surface area (Å²) < 4.78 is 0. The van der Waals surface area contributed by atoms with Gasteiger partial charge in [-0.05, 0) is 43.9 Å². The van der Waals surface area contributed by atoms with Crippen LogP contribution in [0.25, 0.3) is 0 Å². The molecule has 0 spiro atoms. The molecule has 1 heteroatoms. The third-order valence-corrected chi connectivity index (χ3v) is 4.03. The minimum Gasteiger partial charge on any atom is -0.198 e. The van der Waals surface area contributed by atoms with Crippen LogP contribution in [0.15, 0.2) is 11.1 Å². The highest BCUT2D eigenvalue weighted by Crippen LogP contribution is 2.43. The van der Waals surface area contributed by atoms with Gasteiger partial charge in [-0.15, -0.1) is 0 Å². The predicted molar refractivity (Wildman–Crippen MR) is 57.5 cm³/mol. The Morgan fingerprint density at radius 2 is 2.00 bits per heavy atom. The van der Waals surface area contributed by atoms with E-state index in [1.807, 2.05) is 0 Å². The minimum atomic E-state index is 0.294. The van der Waals surface area contributed by atoms with Crippen LogP contribution >= 0.6 is 0 Å². The molecule has 0 aromatic rings. The molecule has 2 rings (SSSR count). The Morgan fingerprint density at radius 3 is 2.71 bits per heavy atom. The summed E-state index contributed by atoms with van der Waals surface area (Å²) in [6.45, 7) is 4.60. The molecular weight excluding hydrogens is 170 g/mol. The fourth-order valence-electron chi connectivity index (χ4n) is 3.04. The normalized spacial score (nSPS) is 37.6. The van der Waals surface area contributed by atoms with Crippen molar-refractivity contribution in [1.29, 1.82) is 5.26 Å². The van der Waals surface area contributed by atoms with E-state index in [1.165, 1.54) is 25.7 Å². The molecule has 3 unspecified atom stereocenters. The molecule has 2 aliphatic carbocycles. The maximum Gasteiger partial charge on any atom is 0.0662 e. The highest BCUT2D eigenvalue weighted by molar-refractivity contribution is 5.25. The van der Waals surface area contributed by atoms with Gasteiger partial charge in [0.25, 0.3) is 0 Å². The van der Waals surface area contributed by atoms with Gasteiger partial charge in [-0.1, -0.05) is 25.0 Å². The first-order chi connectivity index (χ1) is 6.72. The lowest BCUT2D eigenvalue weighted by Crippen LogP contribution is -2.23. The van der Waals surface area contributed by atoms with Crippen molar-refractivity contribution in [2.24, 2.45) is 17.8 Å². The molecule has 76 valence electrons. The van der Waals surface area contributed by atoms with E-state index in [0.717, 1.165) is 12.3 Å². The lowest BCUT2D eigenvalue weighted by molar-refractivity contribution is 0.365. The molecule has 1 nitrogen and oxygen atoms in total. The molecule has 14 heavy (non-hydrogen) atoms. The average molecular weight is 189 g/mol. The van der Waals surface area contributed by atoms with Gasteiger partial charge in [-0.3, -0.25) is 0 Å². The van der Waals surface area contributed by atoms with Crippen LogP contribution in [-0.2, 0) is 0 Å². The summed E-state index contributed by atoms with van der Waals surface area (Å²) in [5.41, 5.74) is 3.34. The van der Waals surface area contributed by atoms with E-state index in [9.17, 15) is 0 Å². The summed E-state index contributed by atoms with van der Waals surface area (Å²) in [7, 11) is 0. The van der Waals surface area contributed by atoms with Gasteiger partial charge in [-0.25, -0.2) is 0 Å². The Morgan fingerprint density at radius 1 is 1.21 bits per heavy atom. The maximum atomic E-state index is 9.03. The summed E-state index contributed by atoms with van der Waals surface area (Å²) in [6.07, 6.45) is 6.19. The Labute approximate surface area is 86.8 Å². The van der Waals surface area contributed by atoms with Crippen LogP contribution in [0.1, 0.15) is 46.0 Å². The van der Waals surface area contributed by atoms with Gasteiger partial charge < -0.3 is 0 Å². The molecule has 0 fully saturated rings. The summed E-state index contributed by atoms with van der Waals surface area (Å²) in [6, 6.07) is 2.46. The minimum absolute atomic E-state index is 0.294. The molecular formula is C13H19N. The highest BCUT2D eigenvalue weighted by atomic mass is 14.4. The van der Waals surface area contributed by atoms with Crippen molar-refractivity contribution in [3.63, 3.8) is 0 Å². The summed E-state index contributed by atoms with van der Waals surface area (Å²) >= 11 is 0. The van der Waals surface area contributed by atoms with Crippen LogP contribution in [-0.4, -0.2) is 0 Å². The molecule has 0 N–H and O–H groups in total. The van der Waals surface area contributed by atoms with Crippen LogP contribution in [0.3, 0.4) is 0 Å². The third-order valence-electron chi connectivity index (χ3n) is 4.03. The van der Waals surface area contributed by atoms with Crippen molar-refractivity contribution in [3.8, 4) is 6.07 Å². The molecule has 3 atom stereocenters. The average Bonchev–Trinajstić information content (AvgIpc) is 2.18. The number of nitrogens with zero attached hydrogens (tertiary/aromatic N) is 1. The van der Waals surface area contributed by atoms with Gasteiger partial charge in [0, 0.05) is 0 Å². The zero-order valence-corrected chi connectivity index (χ0v) is 9.21. The molecule has 0 aromatic carbocycles. The van der Waals surface area contributed by atoms with Crippen LogP contribution < -0.4 is 0 Å². The monoisotopic (exact) mass is 189 g/mol. The molecule has 2 aliphatic rings. The molecule has 0 saturated heterocycles. The van der Waals surface area contributed by atoms with Gasteiger partial charge in [0.05, 0.1) is 12.0 Å². The fourth-order valence-corrected chi connectivity index (χ4v) is 3.04. The highest BCUT2D eigenvalue weighted by Gasteiger charge is 2.30. The topological polar surface area (TPSA) is 23.8 Å². The van der Waals surface area contributed by atoms with E-state index in [2.05, 4.69) is 19.9 Å².